The summed E-state index contributed by atoms with van der Waals surface area (Å²) < 4.78 is 39.5. The number of fused-ring (bicyclic) bond motifs is 1. The lowest BCUT2D eigenvalue weighted by atomic mass is 9.79. The van der Waals surface area contributed by atoms with Gasteiger partial charge in [0.2, 0.25) is 5.82 Å². The Bertz CT molecular complexity index is 767. The van der Waals surface area contributed by atoms with E-state index in [9.17, 15) is 13.2 Å². The number of alkyl halides is 3. The lowest BCUT2D eigenvalue weighted by molar-refractivity contribution is -0.144. The fourth-order valence-electron chi connectivity index (χ4n) is 3.93. The highest BCUT2D eigenvalue weighted by Crippen LogP contribution is 2.34. The number of nitrogens with one attached hydrogen (secondary N) is 2. The van der Waals surface area contributed by atoms with E-state index >= 15 is 0 Å². The smallest absolute Gasteiger partial charge is 0.367 e. The number of hydrogen-bond donors (Lipinski definition) is 2. The fourth-order valence-corrected chi connectivity index (χ4v) is 3.93. The van der Waals surface area contributed by atoms with Crippen molar-refractivity contribution in [1.82, 2.24) is 15.3 Å². The van der Waals surface area contributed by atoms with Gasteiger partial charge in [-0.3, -0.25) is 0 Å². The van der Waals surface area contributed by atoms with E-state index in [0.717, 1.165) is 12.8 Å². The largest absolute Gasteiger partial charge is 0.451 e. The molecule has 7 heteroatoms. The van der Waals surface area contributed by atoms with E-state index in [2.05, 4.69) is 48.3 Å². The summed E-state index contributed by atoms with van der Waals surface area (Å²) in [4.78, 5) is 7.46. The molecule has 1 aliphatic heterocycles. The highest BCUT2D eigenvalue weighted by Gasteiger charge is 2.39. The van der Waals surface area contributed by atoms with Gasteiger partial charge >= 0.3 is 6.18 Å². The van der Waals surface area contributed by atoms with Crippen molar-refractivity contribution in [1.29, 1.82) is 0 Å². The molecule has 2 aromatic rings. The number of hydrogen-bond acceptors (Lipinski definition) is 4. The lowest BCUT2D eigenvalue weighted by Crippen LogP contribution is -2.60. The van der Waals surface area contributed by atoms with Gasteiger partial charge in [0, 0.05) is 22.5 Å². The molecule has 3 rings (SSSR count). The highest BCUT2D eigenvalue weighted by molar-refractivity contribution is 5.89. The molecule has 0 saturated carbocycles. The van der Waals surface area contributed by atoms with Crippen molar-refractivity contribution in [2.24, 2.45) is 0 Å². The molecule has 1 aliphatic rings. The predicted molar refractivity (Wildman–Crippen MR) is 92.5 cm³/mol. The zero-order valence-electron chi connectivity index (χ0n) is 14.8. The summed E-state index contributed by atoms with van der Waals surface area (Å²) in [6, 6.07) is 6.80. The molecule has 0 amide bonds. The van der Waals surface area contributed by atoms with Gasteiger partial charge < -0.3 is 10.6 Å². The molecule has 0 bridgehead atoms. The number of anilines is 1. The monoisotopic (exact) mass is 352 g/mol. The van der Waals surface area contributed by atoms with Gasteiger partial charge in [-0.05, 0) is 52.7 Å². The van der Waals surface area contributed by atoms with E-state index in [0.29, 0.717) is 10.9 Å². The Labute approximate surface area is 145 Å². The van der Waals surface area contributed by atoms with E-state index in [4.69, 9.17) is 0 Å². The number of para-hydroxylation sites is 1. The number of benzene rings is 1. The molecular formula is C18H23F3N4. The van der Waals surface area contributed by atoms with Gasteiger partial charge in [0.15, 0.2) is 0 Å². The Morgan fingerprint density at radius 3 is 2.24 bits per heavy atom. The second-order valence-electron chi connectivity index (χ2n) is 8.05. The molecule has 2 heterocycles. The first-order valence-electron chi connectivity index (χ1n) is 8.35. The molecule has 2 N–H and O–H groups in total. The van der Waals surface area contributed by atoms with Crippen LogP contribution in [0.2, 0.25) is 0 Å². The number of halogens is 3. The molecule has 25 heavy (non-hydrogen) atoms. The van der Waals surface area contributed by atoms with Crippen LogP contribution in [0.5, 0.6) is 0 Å². The topological polar surface area (TPSA) is 49.8 Å². The van der Waals surface area contributed by atoms with Gasteiger partial charge in [-0.15, -0.1) is 0 Å². The minimum Gasteiger partial charge on any atom is -0.367 e. The predicted octanol–water partition coefficient (Wildman–Crippen LogP) is 4.37. The molecule has 1 aromatic heterocycles. The zero-order valence-corrected chi connectivity index (χ0v) is 14.8. The summed E-state index contributed by atoms with van der Waals surface area (Å²) in [5.74, 6) is -0.863. The van der Waals surface area contributed by atoms with Crippen LogP contribution in [0.1, 0.15) is 46.4 Å². The SMILES string of the molecule is CC1(C)CC(Nc2nc(C(F)(F)F)nc3ccccc23)CC(C)(C)N1. The molecule has 0 aliphatic carbocycles. The maximum atomic E-state index is 13.2. The third-order valence-corrected chi connectivity index (χ3v) is 4.39. The second kappa shape index (κ2) is 5.83. The maximum absolute atomic E-state index is 13.2. The first-order valence-corrected chi connectivity index (χ1v) is 8.35. The first-order chi connectivity index (χ1) is 11.5. The molecular weight excluding hydrogens is 329 g/mol. The summed E-state index contributed by atoms with van der Waals surface area (Å²) in [7, 11) is 0. The van der Waals surface area contributed by atoms with Gasteiger partial charge in [0.25, 0.3) is 0 Å². The quantitative estimate of drug-likeness (QED) is 0.843. The van der Waals surface area contributed by atoms with E-state index < -0.39 is 12.0 Å². The number of aromatic nitrogens is 2. The number of nitrogens with zero attached hydrogens (tertiary/aromatic N) is 2. The van der Waals surface area contributed by atoms with Crippen LogP contribution in [0.3, 0.4) is 0 Å². The molecule has 1 fully saturated rings. The zero-order chi connectivity index (χ0) is 18.5. The highest BCUT2D eigenvalue weighted by atomic mass is 19.4. The fraction of sp³-hybridized carbons (Fsp3) is 0.556. The Balaban J connectivity index is 2.00. The molecule has 136 valence electrons. The number of rotatable bonds is 2. The summed E-state index contributed by atoms with van der Waals surface area (Å²) in [6.07, 6.45) is -3.00. The molecule has 0 radical (unpaired) electrons. The van der Waals surface area contributed by atoms with Crippen LogP contribution >= 0.6 is 0 Å². The van der Waals surface area contributed by atoms with Crippen molar-refractivity contribution in [3.05, 3.63) is 30.1 Å². The van der Waals surface area contributed by atoms with Crippen molar-refractivity contribution >= 4 is 16.7 Å². The van der Waals surface area contributed by atoms with Crippen LogP contribution in [0.4, 0.5) is 19.0 Å². The van der Waals surface area contributed by atoms with Crippen LogP contribution in [0.25, 0.3) is 10.9 Å². The average molecular weight is 352 g/mol. The van der Waals surface area contributed by atoms with Crippen molar-refractivity contribution in [2.45, 2.75) is 63.8 Å². The molecule has 0 atom stereocenters. The Kier molecular flexibility index (Phi) is 4.18. The third kappa shape index (κ3) is 4.03. The lowest BCUT2D eigenvalue weighted by Gasteiger charge is -2.46. The molecule has 1 saturated heterocycles. The molecule has 0 unspecified atom stereocenters. The van der Waals surface area contributed by atoms with E-state index in [1.807, 2.05) is 0 Å². The Morgan fingerprint density at radius 1 is 1.04 bits per heavy atom. The first kappa shape index (κ1) is 17.9. The van der Waals surface area contributed by atoms with Crippen LogP contribution in [0.15, 0.2) is 24.3 Å². The van der Waals surface area contributed by atoms with Gasteiger partial charge in [0.05, 0.1) is 5.52 Å². The van der Waals surface area contributed by atoms with E-state index in [1.165, 1.54) is 0 Å². The Morgan fingerprint density at radius 2 is 1.64 bits per heavy atom. The molecule has 0 spiro atoms. The van der Waals surface area contributed by atoms with Gasteiger partial charge in [-0.25, -0.2) is 9.97 Å². The van der Waals surface area contributed by atoms with Crippen LogP contribution in [-0.2, 0) is 6.18 Å². The minimum atomic E-state index is -4.58. The van der Waals surface area contributed by atoms with Gasteiger partial charge in [-0.2, -0.15) is 13.2 Å². The van der Waals surface area contributed by atoms with Crippen LogP contribution in [-0.4, -0.2) is 27.1 Å². The van der Waals surface area contributed by atoms with E-state index in [-0.39, 0.29) is 22.9 Å². The third-order valence-electron chi connectivity index (χ3n) is 4.39. The Hall–Kier alpha value is -1.89. The van der Waals surface area contributed by atoms with Gasteiger partial charge in [-0.1, -0.05) is 12.1 Å². The summed E-state index contributed by atoms with van der Waals surface area (Å²) in [5.41, 5.74) is 0.0595. The number of piperidine rings is 1. The van der Waals surface area contributed by atoms with Crippen molar-refractivity contribution in [2.75, 3.05) is 5.32 Å². The van der Waals surface area contributed by atoms with Crippen molar-refractivity contribution in [3.8, 4) is 0 Å². The molecule has 4 nitrogen and oxygen atoms in total. The van der Waals surface area contributed by atoms with Crippen LogP contribution in [0, 0.1) is 0 Å². The van der Waals surface area contributed by atoms with Crippen LogP contribution < -0.4 is 10.6 Å². The summed E-state index contributed by atoms with van der Waals surface area (Å²) >= 11 is 0. The molecule has 1 aromatic carbocycles. The second-order valence-corrected chi connectivity index (χ2v) is 8.05. The summed E-state index contributed by atoms with van der Waals surface area (Å²) in [5, 5.41) is 7.43. The maximum Gasteiger partial charge on any atom is 0.451 e. The normalized spacial score (nSPS) is 20.6. The van der Waals surface area contributed by atoms with Crippen molar-refractivity contribution < 1.29 is 13.2 Å². The summed E-state index contributed by atoms with van der Waals surface area (Å²) in [6.45, 7) is 8.40. The van der Waals surface area contributed by atoms with E-state index in [1.54, 1.807) is 24.3 Å². The minimum absolute atomic E-state index is 0.0191. The standard InChI is InChI=1S/C18H23F3N4/c1-16(2)9-11(10-17(3,4)25-16)22-14-12-7-5-6-8-13(12)23-15(24-14)18(19,20)21/h5-8,11,25H,9-10H2,1-4H3,(H,22,23,24). The average Bonchev–Trinajstić information content (AvgIpc) is 2.42. The van der Waals surface area contributed by atoms with Gasteiger partial charge in [0.1, 0.15) is 5.82 Å². The van der Waals surface area contributed by atoms with Crippen molar-refractivity contribution in [3.63, 3.8) is 0 Å².